The molecule has 494 valence electrons. The normalized spacial score (nSPS) is 14.5. The summed E-state index contributed by atoms with van der Waals surface area (Å²) in [4.78, 5) is 72.1. The minimum Gasteiger partial charge on any atom is -0.462 e. The molecule has 5 atom stereocenters. The van der Waals surface area contributed by atoms with Gasteiger partial charge in [0.2, 0.25) is 0 Å². The van der Waals surface area contributed by atoms with Crippen molar-refractivity contribution in [3.8, 4) is 0 Å². The average molecular weight is 1240 g/mol. The van der Waals surface area contributed by atoms with E-state index in [0.717, 1.165) is 121 Å². The molecule has 0 aromatic heterocycles. The first-order chi connectivity index (χ1) is 40.2. The van der Waals surface area contributed by atoms with Gasteiger partial charge in [-0.15, -0.1) is 0 Å². The Balaban J connectivity index is 5.24. The van der Waals surface area contributed by atoms with Crippen LogP contribution in [0.25, 0.3) is 0 Å². The van der Waals surface area contributed by atoms with Crippen molar-refractivity contribution in [2.24, 2.45) is 17.8 Å². The van der Waals surface area contributed by atoms with Gasteiger partial charge in [-0.3, -0.25) is 37.3 Å². The molecule has 0 aliphatic heterocycles. The zero-order valence-electron chi connectivity index (χ0n) is 53.8. The third-order valence-corrected chi connectivity index (χ3v) is 16.2. The van der Waals surface area contributed by atoms with Crippen LogP contribution in [-0.2, 0) is 65.4 Å². The number of rotatable bonds is 61. The van der Waals surface area contributed by atoms with Crippen molar-refractivity contribution in [3.05, 3.63) is 24.3 Å². The highest BCUT2D eigenvalue weighted by Gasteiger charge is 2.30. The molecular weight excluding hydrogens is 1110 g/mol. The minimum absolute atomic E-state index is 0.0946. The van der Waals surface area contributed by atoms with Gasteiger partial charge in [-0.25, -0.2) is 9.13 Å². The fourth-order valence-corrected chi connectivity index (χ4v) is 10.7. The largest absolute Gasteiger partial charge is 0.472 e. The summed E-state index contributed by atoms with van der Waals surface area (Å²) < 4.78 is 67.9. The van der Waals surface area contributed by atoms with Crippen molar-refractivity contribution >= 4 is 39.5 Å². The lowest BCUT2D eigenvalue weighted by Crippen LogP contribution is -2.30. The van der Waals surface area contributed by atoms with Crippen LogP contribution in [0.4, 0.5) is 0 Å². The lowest BCUT2D eigenvalue weighted by atomic mass is 10.0. The van der Waals surface area contributed by atoms with Gasteiger partial charge in [0.05, 0.1) is 26.4 Å². The van der Waals surface area contributed by atoms with Gasteiger partial charge in [0.25, 0.3) is 0 Å². The Morgan fingerprint density at radius 3 is 0.964 bits per heavy atom. The zero-order valence-corrected chi connectivity index (χ0v) is 55.6. The number of carbonyl (C=O) groups is 4. The Hall–Kier alpha value is -2.46. The Morgan fingerprint density at radius 1 is 0.369 bits per heavy atom. The summed E-state index contributed by atoms with van der Waals surface area (Å²) in [6.45, 7) is 11.5. The van der Waals surface area contributed by atoms with E-state index in [0.29, 0.717) is 37.5 Å². The number of phosphoric ester groups is 2. The van der Waals surface area contributed by atoms with Crippen molar-refractivity contribution < 1.29 is 80.2 Å². The van der Waals surface area contributed by atoms with E-state index in [2.05, 4.69) is 72.8 Å². The number of unbranched alkanes of at least 4 members (excludes halogenated alkanes) is 26. The predicted octanol–water partition coefficient (Wildman–Crippen LogP) is 17.4. The standard InChI is InChI=1S/C65H122O17P2/c1-8-9-10-11-12-13-14-15-16-17-18-19-23-32-39-46-62(67)75-52-61(82-65(70)49-42-35-28-26-31-38-45-58(6)7)55-80-84(73,74)78-51-59(66)50-77-83(71,72)79-54-60(53-76-63(68)47-40-33-27-25-30-37-44-57(4)5)81-64(69)48-41-34-24-21-20-22-29-36-43-56(2)3/h13-16,56-61,66H,8-12,17-55H2,1-7H3,(H,71,72)(H,73,74)/b14-13-,16-15-/t59-,60+,61+/m0/s1. The van der Waals surface area contributed by atoms with Crippen LogP contribution in [0, 0.1) is 17.8 Å². The van der Waals surface area contributed by atoms with Crippen molar-refractivity contribution in [3.63, 3.8) is 0 Å². The van der Waals surface area contributed by atoms with E-state index >= 15 is 0 Å². The molecule has 0 bridgehead atoms. The van der Waals surface area contributed by atoms with Gasteiger partial charge in [0, 0.05) is 25.7 Å². The van der Waals surface area contributed by atoms with Crippen molar-refractivity contribution in [1.82, 2.24) is 0 Å². The van der Waals surface area contributed by atoms with Crippen molar-refractivity contribution in [1.29, 1.82) is 0 Å². The molecule has 0 aliphatic carbocycles. The second-order valence-electron chi connectivity index (χ2n) is 24.2. The number of allylic oxidation sites excluding steroid dienone is 4. The molecule has 84 heavy (non-hydrogen) atoms. The highest BCUT2D eigenvalue weighted by Crippen LogP contribution is 2.45. The van der Waals surface area contributed by atoms with Gasteiger partial charge >= 0.3 is 39.5 Å². The van der Waals surface area contributed by atoms with Crippen LogP contribution in [-0.4, -0.2) is 96.7 Å². The Kier molecular flexibility index (Phi) is 54.2. The van der Waals surface area contributed by atoms with E-state index in [1.165, 1.54) is 77.0 Å². The van der Waals surface area contributed by atoms with Crippen molar-refractivity contribution in [2.75, 3.05) is 39.6 Å². The van der Waals surface area contributed by atoms with Crippen LogP contribution in [0.2, 0.25) is 0 Å². The van der Waals surface area contributed by atoms with Crippen LogP contribution in [0.15, 0.2) is 24.3 Å². The average Bonchev–Trinajstić information content (AvgIpc) is 3.49. The maximum absolute atomic E-state index is 13.0. The number of aliphatic hydroxyl groups excluding tert-OH is 1. The van der Waals surface area contributed by atoms with Gasteiger partial charge in [-0.2, -0.15) is 0 Å². The molecule has 17 nitrogen and oxygen atoms in total. The third-order valence-electron chi connectivity index (χ3n) is 14.3. The lowest BCUT2D eigenvalue weighted by Gasteiger charge is -2.21. The molecule has 0 aliphatic rings. The van der Waals surface area contributed by atoms with E-state index in [9.17, 15) is 43.2 Å². The number of ether oxygens (including phenoxy) is 4. The first-order valence-electron chi connectivity index (χ1n) is 33.2. The third kappa shape index (κ3) is 58.6. The summed E-state index contributed by atoms with van der Waals surface area (Å²) in [5, 5.41) is 10.5. The molecular formula is C65H122O17P2. The molecule has 0 heterocycles. The topological polar surface area (TPSA) is 237 Å². The zero-order chi connectivity index (χ0) is 62.4. The van der Waals surface area contributed by atoms with Gasteiger partial charge in [0.15, 0.2) is 12.2 Å². The van der Waals surface area contributed by atoms with Gasteiger partial charge in [-0.1, -0.05) is 240 Å². The Labute approximate surface area is 510 Å². The number of hydrogen-bond donors (Lipinski definition) is 3. The summed E-state index contributed by atoms with van der Waals surface area (Å²) >= 11 is 0. The molecule has 3 N–H and O–H groups in total. The highest BCUT2D eigenvalue weighted by molar-refractivity contribution is 7.47. The molecule has 0 aromatic rings. The molecule has 0 fully saturated rings. The molecule has 0 aromatic carbocycles. The molecule has 2 unspecified atom stereocenters. The first kappa shape index (κ1) is 81.5. The minimum atomic E-state index is -4.95. The number of phosphoric acid groups is 2. The number of esters is 4. The lowest BCUT2D eigenvalue weighted by molar-refractivity contribution is -0.161. The smallest absolute Gasteiger partial charge is 0.462 e. The highest BCUT2D eigenvalue weighted by atomic mass is 31.2. The molecule has 0 amide bonds. The summed E-state index contributed by atoms with van der Waals surface area (Å²) in [6.07, 6.45) is 40.2. The van der Waals surface area contributed by atoms with E-state index in [1.807, 2.05) is 0 Å². The Bertz CT molecular complexity index is 1760. The maximum Gasteiger partial charge on any atom is 0.472 e. The van der Waals surface area contributed by atoms with Crippen LogP contribution >= 0.6 is 15.6 Å². The second kappa shape index (κ2) is 55.8. The fourth-order valence-electron chi connectivity index (χ4n) is 9.12. The van der Waals surface area contributed by atoms with Gasteiger partial charge < -0.3 is 33.8 Å². The number of hydrogen-bond acceptors (Lipinski definition) is 15. The van der Waals surface area contributed by atoms with E-state index < -0.39 is 97.5 Å². The molecule has 0 spiro atoms. The molecule has 19 heteroatoms. The Morgan fingerprint density at radius 2 is 0.643 bits per heavy atom. The van der Waals surface area contributed by atoms with Gasteiger partial charge in [-0.05, 0) is 69.1 Å². The van der Waals surface area contributed by atoms with Crippen LogP contribution in [0.1, 0.15) is 292 Å². The SMILES string of the molecule is CCCCCC/C=C\C=C/CCCCCCCC(=O)OC[C@H](COP(=O)(O)OC[C@@H](O)COP(=O)(O)OC[C@@H](COC(=O)CCCCCCCCC(C)C)OC(=O)CCCCCCCCCCC(C)C)OC(=O)CCCCCCCCC(C)C. The quantitative estimate of drug-likeness (QED) is 0.0169. The van der Waals surface area contributed by atoms with Crippen LogP contribution < -0.4 is 0 Å². The maximum atomic E-state index is 13.0. The number of carbonyl (C=O) groups excluding carboxylic acids is 4. The van der Waals surface area contributed by atoms with Crippen LogP contribution in [0.5, 0.6) is 0 Å². The molecule has 0 radical (unpaired) electrons. The first-order valence-corrected chi connectivity index (χ1v) is 36.2. The summed E-state index contributed by atoms with van der Waals surface area (Å²) in [6, 6.07) is 0. The number of aliphatic hydroxyl groups is 1. The van der Waals surface area contributed by atoms with Crippen molar-refractivity contribution in [2.45, 2.75) is 311 Å². The van der Waals surface area contributed by atoms with E-state index in [1.54, 1.807) is 0 Å². The monoisotopic (exact) mass is 1240 g/mol. The predicted molar refractivity (Wildman–Crippen MR) is 335 cm³/mol. The summed E-state index contributed by atoms with van der Waals surface area (Å²) in [7, 11) is -9.90. The molecule has 0 saturated heterocycles. The van der Waals surface area contributed by atoms with E-state index in [4.69, 9.17) is 37.0 Å². The van der Waals surface area contributed by atoms with Gasteiger partial charge in [0.1, 0.15) is 19.3 Å². The molecule has 0 saturated carbocycles. The second-order valence-corrected chi connectivity index (χ2v) is 27.2. The van der Waals surface area contributed by atoms with Crippen LogP contribution in [0.3, 0.4) is 0 Å². The summed E-state index contributed by atoms with van der Waals surface area (Å²) in [5.74, 6) is -0.113. The molecule has 0 rings (SSSR count). The summed E-state index contributed by atoms with van der Waals surface area (Å²) in [5.41, 5.74) is 0. The fraction of sp³-hybridized carbons (Fsp3) is 0.877. The van der Waals surface area contributed by atoms with E-state index in [-0.39, 0.29) is 25.7 Å².